The molecule has 102 valence electrons. The largest absolute Gasteiger partial charge is 0.373 e. The van der Waals surface area contributed by atoms with Crippen LogP contribution in [0.15, 0.2) is 24.3 Å². The monoisotopic (exact) mass is 276 g/mol. The maximum atomic E-state index is 12.2. The molecule has 1 saturated carbocycles. The van der Waals surface area contributed by atoms with Gasteiger partial charge in [-0.05, 0) is 30.7 Å². The summed E-state index contributed by atoms with van der Waals surface area (Å²) in [5, 5.41) is 6.44. The number of hydrogen-bond acceptors (Lipinski definition) is 3. The van der Waals surface area contributed by atoms with Gasteiger partial charge in [0.1, 0.15) is 6.04 Å². The molecule has 2 N–H and O–H groups in total. The number of nitrogens with one attached hydrogen (secondary N) is 2. The fourth-order valence-electron chi connectivity index (χ4n) is 2.85. The van der Waals surface area contributed by atoms with Gasteiger partial charge in [0.05, 0.1) is 0 Å². The zero-order valence-corrected chi connectivity index (χ0v) is 12.1. The molecule has 0 radical (unpaired) electrons. The lowest BCUT2D eigenvalue weighted by Crippen LogP contribution is -2.48. The maximum Gasteiger partial charge on any atom is 0.242 e. The molecule has 1 atom stereocenters. The van der Waals surface area contributed by atoms with Crippen molar-refractivity contribution in [3.05, 3.63) is 29.8 Å². The van der Waals surface area contributed by atoms with Crippen molar-refractivity contribution >= 4 is 23.4 Å². The lowest BCUT2D eigenvalue weighted by atomic mass is 9.84. The second kappa shape index (κ2) is 5.08. The topological polar surface area (TPSA) is 41.1 Å². The second-order valence-electron chi connectivity index (χ2n) is 5.52. The highest BCUT2D eigenvalue weighted by Gasteiger charge is 2.37. The lowest BCUT2D eigenvalue weighted by Gasteiger charge is -2.40. The summed E-state index contributed by atoms with van der Waals surface area (Å²) in [5.41, 5.74) is 2.34. The zero-order chi connectivity index (χ0) is 13.3. The minimum atomic E-state index is -0.101. The van der Waals surface area contributed by atoms with Crippen LogP contribution >= 0.6 is 11.8 Å². The highest BCUT2D eigenvalue weighted by molar-refractivity contribution is 8.00. The molecular formula is C15H20N2OS. The van der Waals surface area contributed by atoms with Gasteiger partial charge in [-0.3, -0.25) is 4.79 Å². The number of amides is 1. The molecule has 0 saturated heterocycles. The van der Waals surface area contributed by atoms with Crippen LogP contribution in [0, 0.1) is 0 Å². The zero-order valence-electron chi connectivity index (χ0n) is 11.2. The van der Waals surface area contributed by atoms with Crippen molar-refractivity contribution < 1.29 is 4.79 Å². The van der Waals surface area contributed by atoms with E-state index in [4.69, 9.17) is 0 Å². The Labute approximate surface area is 118 Å². The number of carbonyl (C=O) groups excluding carboxylic acids is 1. The first-order valence-electron chi connectivity index (χ1n) is 6.90. The predicted molar refractivity (Wildman–Crippen MR) is 80.7 cm³/mol. The molecule has 1 aromatic carbocycles. The van der Waals surface area contributed by atoms with Crippen molar-refractivity contribution in [1.29, 1.82) is 0 Å². The van der Waals surface area contributed by atoms with Gasteiger partial charge in [-0.15, -0.1) is 0 Å². The summed E-state index contributed by atoms with van der Waals surface area (Å²) in [6, 6.07) is 8.06. The fourth-order valence-corrected chi connectivity index (χ4v) is 3.77. The molecule has 1 unspecified atom stereocenters. The molecule has 0 aromatic heterocycles. The molecule has 1 aliphatic carbocycles. The van der Waals surface area contributed by atoms with Crippen molar-refractivity contribution in [2.45, 2.75) is 36.5 Å². The van der Waals surface area contributed by atoms with Crippen LogP contribution in [0.2, 0.25) is 0 Å². The first kappa shape index (κ1) is 12.9. The second-order valence-corrected chi connectivity index (χ2v) is 6.79. The minimum Gasteiger partial charge on any atom is -0.373 e. The van der Waals surface area contributed by atoms with Gasteiger partial charge in [-0.2, -0.15) is 11.8 Å². The summed E-state index contributed by atoms with van der Waals surface area (Å²) < 4.78 is 0.307. The maximum absolute atomic E-state index is 12.2. The number of rotatable bonds is 4. The molecule has 2 aliphatic rings. The van der Waals surface area contributed by atoms with E-state index in [2.05, 4.69) is 23.0 Å². The van der Waals surface area contributed by atoms with Gasteiger partial charge in [-0.25, -0.2) is 0 Å². The van der Waals surface area contributed by atoms with Crippen molar-refractivity contribution in [2.75, 3.05) is 18.1 Å². The van der Waals surface area contributed by atoms with Crippen LogP contribution in [-0.2, 0) is 11.2 Å². The number of carbonyl (C=O) groups is 1. The molecule has 1 amide bonds. The van der Waals surface area contributed by atoms with Gasteiger partial charge in [0, 0.05) is 23.4 Å². The molecule has 3 nitrogen and oxygen atoms in total. The molecule has 1 heterocycles. The SMILES string of the molecule is CSC1(CNC(=O)C2Cc3ccccc3N2)CCC1. The van der Waals surface area contributed by atoms with E-state index in [1.54, 1.807) is 0 Å². The van der Waals surface area contributed by atoms with Crippen LogP contribution in [0.5, 0.6) is 0 Å². The lowest BCUT2D eigenvalue weighted by molar-refractivity contribution is -0.121. The Hall–Kier alpha value is -1.16. The third-order valence-corrected chi connectivity index (χ3v) is 5.79. The van der Waals surface area contributed by atoms with Gasteiger partial charge in [0.25, 0.3) is 0 Å². The fraction of sp³-hybridized carbons (Fsp3) is 0.533. The Balaban J connectivity index is 1.55. The number of thioether (sulfide) groups is 1. The number of benzene rings is 1. The third-order valence-electron chi connectivity index (χ3n) is 4.37. The number of hydrogen-bond donors (Lipinski definition) is 2. The van der Waals surface area contributed by atoms with Crippen LogP contribution in [-0.4, -0.2) is 29.5 Å². The molecule has 1 aliphatic heterocycles. The molecule has 3 rings (SSSR count). The highest BCUT2D eigenvalue weighted by Crippen LogP contribution is 2.42. The number of anilines is 1. The van der Waals surface area contributed by atoms with E-state index in [1.807, 2.05) is 30.0 Å². The van der Waals surface area contributed by atoms with E-state index in [9.17, 15) is 4.79 Å². The Morgan fingerprint density at radius 2 is 2.26 bits per heavy atom. The quantitative estimate of drug-likeness (QED) is 0.887. The normalized spacial score (nSPS) is 23.1. The summed E-state index contributed by atoms with van der Waals surface area (Å²) in [6.45, 7) is 0.807. The summed E-state index contributed by atoms with van der Waals surface area (Å²) in [4.78, 5) is 12.2. The van der Waals surface area contributed by atoms with Gasteiger partial charge in [0.15, 0.2) is 0 Å². The first-order valence-corrected chi connectivity index (χ1v) is 8.12. The molecule has 0 bridgehead atoms. The van der Waals surface area contributed by atoms with Crippen molar-refractivity contribution in [1.82, 2.24) is 5.32 Å². The van der Waals surface area contributed by atoms with E-state index < -0.39 is 0 Å². The van der Waals surface area contributed by atoms with Crippen LogP contribution in [0.3, 0.4) is 0 Å². The summed E-state index contributed by atoms with van der Waals surface area (Å²) in [7, 11) is 0. The summed E-state index contributed by atoms with van der Waals surface area (Å²) in [6.07, 6.45) is 6.70. The third kappa shape index (κ3) is 2.46. The van der Waals surface area contributed by atoms with Gasteiger partial charge >= 0.3 is 0 Å². The highest BCUT2D eigenvalue weighted by atomic mass is 32.2. The van der Waals surface area contributed by atoms with Crippen molar-refractivity contribution in [3.63, 3.8) is 0 Å². The Bertz CT molecular complexity index is 454. The minimum absolute atomic E-state index is 0.101. The van der Waals surface area contributed by atoms with Gasteiger partial charge in [-0.1, -0.05) is 24.6 Å². The molecular weight excluding hydrogens is 256 g/mol. The van der Waals surface area contributed by atoms with Crippen molar-refractivity contribution in [3.8, 4) is 0 Å². The average molecular weight is 276 g/mol. The van der Waals surface area contributed by atoms with Crippen LogP contribution < -0.4 is 10.6 Å². The van der Waals surface area contributed by atoms with Crippen LogP contribution in [0.1, 0.15) is 24.8 Å². The Morgan fingerprint density at radius 3 is 2.89 bits per heavy atom. The summed E-state index contributed by atoms with van der Waals surface area (Å²) >= 11 is 1.90. The molecule has 1 fully saturated rings. The van der Waals surface area contributed by atoms with Crippen LogP contribution in [0.4, 0.5) is 5.69 Å². The Kier molecular flexibility index (Phi) is 3.44. The summed E-state index contributed by atoms with van der Waals surface area (Å²) in [5.74, 6) is 0.136. The smallest absolute Gasteiger partial charge is 0.242 e. The van der Waals surface area contributed by atoms with E-state index in [0.29, 0.717) is 4.75 Å². The van der Waals surface area contributed by atoms with E-state index in [1.165, 1.54) is 24.8 Å². The number of para-hydroxylation sites is 1. The average Bonchev–Trinajstić information content (AvgIpc) is 2.81. The molecule has 19 heavy (non-hydrogen) atoms. The Morgan fingerprint density at radius 1 is 1.47 bits per heavy atom. The van der Waals surface area contributed by atoms with Gasteiger partial charge < -0.3 is 10.6 Å². The standard InChI is InChI=1S/C15H20N2OS/c1-19-15(7-4-8-15)10-16-14(18)13-9-11-5-2-3-6-12(11)17-13/h2-3,5-6,13,17H,4,7-10H2,1H3,(H,16,18). The molecule has 0 spiro atoms. The molecule has 4 heteroatoms. The molecule has 1 aromatic rings. The van der Waals surface area contributed by atoms with E-state index in [0.717, 1.165) is 18.7 Å². The van der Waals surface area contributed by atoms with E-state index in [-0.39, 0.29) is 11.9 Å². The first-order chi connectivity index (χ1) is 9.22. The van der Waals surface area contributed by atoms with Crippen molar-refractivity contribution in [2.24, 2.45) is 0 Å². The van der Waals surface area contributed by atoms with Gasteiger partial charge in [0.2, 0.25) is 5.91 Å². The predicted octanol–water partition coefficient (Wildman–Crippen LogP) is 2.43. The van der Waals surface area contributed by atoms with Crippen LogP contribution in [0.25, 0.3) is 0 Å². The number of fused-ring (bicyclic) bond motifs is 1. The van der Waals surface area contributed by atoms with E-state index >= 15 is 0 Å².